The highest BCUT2D eigenvalue weighted by atomic mass is 16.5. The van der Waals surface area contributed by atoms with E-state index in [-0.39, 0.29) is 17.7 Å². The summed E-state index contributed by atoms with van der Waals surface area (Å²) in [7, 11) is 4.48. The Morgan fingerprint density at radius 3 is 2.50 bits per heavy atom. The topological polar surface area (TPSA) is 111 Å². The Morgan fingerprint density at radius 1 is 1.21 bits per heavy atom. The molecule has 1 aromatic heterocycles. The van der Waals surface area contributed by atoms with Crippen LogP contribution in [-0.2, 0) is 18.3 Å². The zero-order valence-electron chi connectivity index (χ0n) is 15.8. The van der Waals surface area contributed by atoms with Crippen molar-refractivity contribution in [3.05, 3.63) is 51.4 Å². The van der Waals surface area contributed by atoms with Crippen molar-refractivity contribution in [1.29, 1.82) is 0 Å². The molecule has 2 heterocycles. The minimum Gasteiger partial charge on any atom is -0.493 e. The second kappa shape index (κ2) is 7.71. The number of carboxylic acid groups (broad SMARTS) is 1. The molecule has 0 bridgehead atoms. The van der Waals surface area contributed by atoms with E-state index in [0.29, 0.717) is 30.0 Å². The van der Waals surface area contributed by atoms with Crippen molar-refractivity contribution < 1.29 is 24.2 Å². The minimum absolute atomic E-state index is 0.0846. The molecule has 1 atom stereocenters. The lowest BCUT2D eigenvalue weighted by Crippen LogP contribution is -2.42. The van der Waals surface area contributed by atoms with Gasteiger partial charge in [-0.25, -0.2) is 4.68 Å². The lowest BCUT2D eigenvalue weighted by molar-refractivity contribution is -0.138. The summed E-state index contributed by atoms with van der Waals surface area (Å²) in [6, 6.07) is 5.46. The monoisotopic (exact) mass is 387 g/mol. The van der Waals surface area contributed by atoms with E-state index in [4.69, 9.17) is 9.47 Å². The summed E-state index contributed by atoms with van der Waals surface area (Å²) in [4.78, 5) is 37.6. The number of aliphatic carboxylic acids is 1. The highest BCUT2D eigenvalue weighted by Gasteiger charge is 2.34. The van der Waals surface area contributed by atoms with Crippen LogP contribution in [0.5, 0.6) is 11.5 Å². The summed E-state index contributed by atoms with van der Waals surface area (Å²) in [5.74, 6) is -0.442. The molecule has 1 N–H and O–H groups in total. The average molecular weight is 387 g/mol. The van der Waals surface area contributed by atoms with Crippen molar-refractivity contribution >= 4 is 11.9 Å². The number of nitrogens with zero attached hydrogens (tertiary/aromatic N) is 3. The first-order chi connectivity index (χ1) is 13.3. The van der Waals surface area contributed by atoms with Crippen LogP contribution in [-0.4, -0.2) is 52.4 Å². The molecule has 28 heavy (non-hydrogen) atoms. The molecule has 1 aliphatic rings. The Labute approximate surface area is 161 Å². The molecule has 0 saturated heterocycles. The molecule has 1 aromatic carbocycles. The molecule has 148 valence electrons. The molecule has 2 aromatic rings. The fraction of sp³-hybridized carbons (Fsp3) is 0.368. The van der Waals surface area contributed by atoms with Gasteiger partial charge in [0.15, 0.2) is 11.5 Å². The van der Waals surface area contributed by atoms with Crippen LogP contribution in [0.1, 0.15) is 34.1 Å². The van der Waals surface area contributed by atoms with Crippen LogP contribution in [0.3, 0.4) is 0 Å². The maximum absolute atomic E-state index is 13.0. The molecule has 0 fully saturated rings. The van der Waals surface area contributed by atoms with Gasteiger partial charge in [0, 0.05) is 19.7 Å². The number of carbonyl (C=O) groups excluding carboxylic acids is 1. The number of hydrogen-bond donors (Lipinski definition) is 1. The molecule has 1 amide bonds. The van der Waals surface area contributed by atoms with Gasteiger partial charge in [0.05, 0.1) is 26.7 Å². The van der Waals surface area contributed by atoms with Gasteiger partial charge in [-0.3, -0.25) is 14.4 Å². The first-order valence-corrected chi connectivity index (χ1v) is 8.67. The summed E-state index contributed by atoms with van der Waals surface area (Å²) in [6.07, 6.45) is 0.267. The molecule has 0 aliphatic carbocycles. The number of fused-ring (bicyclic) bond motifs is 1. The van der Waals surface area contributed by atoms with Gasteiger partial charge >= 0.3 is 5.97 Å². The van der Waals surface area contributed by atoms with Crippen LogP contribution < -0.4 is 15.0 Å². The van der Waals surface area contributed by atoms with Crippen molar-refractivity contribution in [2.75, 3.05) is 20.8 Å². The van der Waals surface area contributed by atoms with E-state index in [1.54, 1.807) is 6.07 Å². The number of amides is 1. The van der Waals surface area contributed by atoms with Gasteiger partial charge in [0.1, 0.15) is 5.69 Å². The van der Waals surface area contributed by atoms with E-state index in [1.165, 1.54) is 38.3 Å². The van der Waals surface area contributed by atoms with Crippen molar-refractivity contribution in [3.63, 3.8) is 0 Å². The molecule has 9 nitrogen and oxygen atoms in total. The fourth-order valence-electron chi connectivity index (χ4n) is 3.42. The lowest BCUT2D eigenvalue weighted by atomic mass is 9.89. The second-order valence-electron chi connectivity index (χ2n) is 6.45. The lowest BCUT2D eigenvalue weighted by Gasteiger charge is -2.37. The SMILES string of the molecule is COc1cc2c(cc1OC)C(CC(=O)O)N(C(=O)c1ccc(=O)n(C)n1)CC2. The number of aryl methyl sites for hydroxylation is 1. The summed E-state index contributed by atoms with van der Waals surface area (Å²) in [5.41, 5.74) is 1.35. The van der Waals surface area contributed by atoms with Crippen LogP contribution >= 0.6 is 0 Å². The van der Waals surface area contributed by atoms with Gasteiger partial charge in [-0.05, 0) is 35.7 Å². The van der Waals surface area contributed by atoms with Gasteiger partial charge < -0.3 is 19.5 Å². The zero-order valence-corrected chi connectivity index (χ0v) is 15.8. The van der Waals surface area contributed by atoms with Crippen molar-refractivity contribution in [3.8, 4) is 11.5 Å². The van der Waals surface area contributed by atoms with Gasteiger partial charge in [-0.15, -0.1) is 0 Å². The van der Waals surface area contributed by atoms with Gasteiger partial charge in [0.2, 0.25) is 0 Å². The molecule has 9 heteroatoms. The highest BCUT2D eigenvalue weighted by molar-refractivity contribution is 5.93. The number of carbonyl (C=O) groups is 2. The third-order valence-corrected chi connectivity index (χ3v) is 4.81. The Balaban J connectivity index is 2.05. The predicted octanol–water partition coefficient (Wildman–Crippen LogP) is 1.01. The van der Waals surface area contributed by atoms with E-state index in [2.05, 4.69) is 5.10 Å². The number of aromatic nitrogens is 2. The van der Waals surface area contributed by atoms with E-state index < -0.39 is 17.9 Å². The normalized spacial score (nSPS) is 15.7. The first-order valence-electron chi connectivity index (χ1n) is 8.67. The molecular formula is C19H21N3O6. The molecule has 1 aliphatic heterocycles. The van der Waals surface area contributed by atoms with E-state index in [1.807, 2.05) is 6.07 Å². The van der Waals surface area contributed by atoms with Crippen LogP contribution in [0.25, 0.3) is 0 Å². The summed E-state index contributed by atoms with van der Waals surface area (Å²) in [5, 5.41) is 13.4. The quantitative estimate of drug-likeness (QED) is 0.815. The van der Waals surface area contributed by atoms with Gasteiger partial charge in [0.25, 0.3) is 11.5 Å². The minimum atomic E-state index is -1.03. The predicted molar refractivity (Wildman–Crippen MR) is 98.8 cm³/mol. The van der Waals surface area contributed by atoms with Crippen LogP contribution in [0, 0.1) is 0 Å². The Bertz CT molecular complexity index is 984. The van der Waals surface area contributed by atoms with Crippen LogP contribution in [0.15, 0.2) is 29.1 Å². The van der Waals surface area contributed by atoms with Crippen molar-refractivity contribution in [2.24, 2.45) is 7.05 Å². The smallest absolute Gasteiger partial charge is 0.305 e. The largest absolute Gasteiger partial charge is 0.493 e. The highest BCUT2D eigenvalue weighted by Crippen LogP contribution is 2.39. The Hall–Kier alpha value is -3.36. The third kappa shape index (κ3) is 3.55. The number of carboxylic acids is 1. The van der Waals surface area contributed by atoms with Crippen LogP contribution in [0.4, 0.5) is 0 Å². The average Bonchev–Trinajstić information content (AvgIpc) is 2.68. The Kier molecular flexibility index (Phi) is 5.34. The second-order valence-corrected chi connectivity index (χ2v) is 6.45. The summed E-state index contributed by atoms with van der Waals surface area (Å²) in [6.45, 7) is 0.323. The molecular weight excluding hydrogens is 366 g/mol. The summed E-state index contributed by atoms with van der Waals surface area (Å²) >= 11 is 0. The number of ether oxygens (including phenoxy) is 2. The molecule has 0 saturated carbocycles. The zero-order chi connectivity index (χ0) is 20.4. The maximum Gasteiger partial charge on any atom is 0.305 e. The molecule has 1 unspecified atom stereocenters. The van der Waals surface area contributed by atoms with E-state index in [0.717, 1.165) is 10.2 Å². The number of hydrogen-bond acceptors (Lipinski definition) is 6. The number of methoxy groups -OCH3 is 2. The van der Waals surface area contributed by atoms with Crippen LogP contribution in [0.2, 0.25) is 0 Å². The fourth-order valence-corrected chi connectivity index (χ4v) is 3.42. The van der Waals surface area contributed by atoms with E-state index in [9.17, 15) is 19.5 Å². The molecule has 0 spiro atoms. The van der Waals surface area contributed by atoms with Gasteiger partial charge in [-0.1, -0.05) is 0 Å². The molecule has 3 rings (SSSR count). The number of benzene rings is 1. The third-order valence-electron chi connectivity index (χ3n) is 4.81. The summed E-state index contributed by atoms with van der Waals surface area (Å²) < 4.78 is 11.7. The van der Waals surface area contributed by atoms with Crippen molar-refractivity contribution in [1.82, 2.24) is 14.7 Å². The standard InChI is InChI=1S/C19H21N3O6/c1-21-17(23)5-4-13(20-21)19(26)22-7-6-11-8-15(27-2)16(28-3)9-12(11)14(22)10-18(24)25/h4-5,8-9,14H,6-7,10H2,1-3H3,(H,24,25). The van der Waals surface area contributed by atoms with Crippen molar-refractivity contribution in [2.45, 2.75) is 18.9 Å². The van der Waals surface area contributed by atoms with E-state index >= 15 is 0 Å². The Morgan fingerprint density at radius 2 is 1.89 bits per heavy atom. The molecule has 0 radical (unpaired) electrons. The maximum atomic E-state index is 13.0. The first kappa shape index (κ1) is 19.4. The number of rotatable bonds is 5. The van der Waals surface area contributed by atoms with Gasteiger partial charge in [-0.2, -0.15) is 5.10 Å².